The van der Waals surface area contributed by atoms with E-state index in [1.54, 1.807) is 11.3 Å². The second kappa shape index (κ2) is 4.49. The molecule has 0 bridgehead atoms. The van der Waals surface area contributed by atoms with Crippen LogP contribution in [-0.2, 0) is 0 Å². The number of hydrogen-bond acceptors (Lipinski definition) is 4. The molecule has 1 aliphatic heterocycles. The fraction of sp³-hybridized carbons (Fsp3) is 0.727. The second-order valence-corrected chi connectivity index (χ2v) is 5.33. The predicted molar refractivity (Wildman–Crippen MR) is 63.6 cm³/mol. The van der Waals surface area contributed by atoms with Crippen molar-refractivity contribution in [2.75, 3.05) is 24.6 Å². The van der Waals surface area contributed by atoms with E-state index >= 15 is 0 Å². The standard InChI is InChI=1S/C11H18N2OS/c1-8(2)10-7-15-11(12-10)13-4-3-9(5-13)6-14/h7-9,14H,3-6H2,1-2H3. The highest BCUT2D eigenvalue weighted by Gasteiger charge is 2.23. The van der Waals surface area contributed by atoms with Crippen LogP contribution in [0, 0.1) is 5.92 Å². The van der Waals surface area contributed by atoms with Crippen LogP contribution < -0.4 is 4.90 Å². The van der Waals surface area contributed by atoms with Crippen LogP contribution in [0.4, 0.5) is 5.13 Å². The van der Waals surface area contributed by atoms with Crippen molar-refractivity contribution in [3.8, 4) is 0 Å². The van der Waals surface area contributed by atoms with Crippen molar-refractivity contribution >= 4 is 16.5 Å². The van der Waals surface area contributed by atoms with Gasteiger partial charge in [0.1, 0.15) is 0 Å². The Balaban J connectivity index is 2.04. The molecule has 0 saturated carbocycles. The first-order valence-corrected chi connectivity index (χ1v) is 6.40. The first kappa shape index (κ1) is 10.9. The van der Waals surface area contributed by atoms with Crippen LogP contribution in [0.25, 0.3) is 0 Å². The summed E-state index contributed by atoms with van der Waals surface area (Å²) in [6, 6.07) is 0. The van der Waals surface area contributed by atoms with Crippen LogP contribution in [0.5, 0.6) is 0 Å². The smallest absolute Gasteiger partial charge is 0.185 e. The number of aromatic nitrogens is 1. The van der Waals surface area contributed by atoms with Gasteiger partial charge in [-0.05, 0) is 12.3 Å². The number of nitrogens with zero attached hydrogens (tertiary/aromatic N) is 2. The van der Waals surface area contributed by atoms with Gasteiger partial charge in [0, 0.05) is 31.0 Å². The fourth-order valence-electron chi connectivity index (χ4n) is 1.84. The summed E-state index contributed by atoms with van der Waals surface area (Å²) in [7, 11) is 0. The van der Waals surface area contributed by atoms with Gasteiger partial charge in [-0.2, -0.15) is 0 Å². The molecule has 1 saturated heterocycles. The van der Waals surface area contributed by atoms with E-state index in [4.69, 9.17) is 5.11 Å². The van der Waals surface area contributed by atoms with E-state index in [0.717, 1.165) is 24.6 Å². The van der Waals surface area contributed by atoms with Crippen molar-refractivity contribution < 1.29 is 5.11 Å². The van der Waals surface area contributed by atoms with E-state index in [1.165, 1.54) is 5.69 Å². The molecule has 2 rings (SSSR count). The molecule has 1 atom stereocenters. The third kappa shape index (κ3) is 2.32. The largest absolute Gasteiger partial charge is 0.396 e. The van der Waals surface area contributed by atoms with Gasteiger partial charge in [0.15, 0.2) is 5.13 Å². The Morgan fingerprint density at radius 3 is 3.00 bits per heavy atom. The Labute approximate surface area is 94.8 Å². The molecule has 4 heteroatoms. The molecule has 1 aromatic rings. The molecule has 84 valence electrons. The lowest BCUT2D eigenvalue weighted by atomic mass is 10.1. The van der Waals surface area contributed by atoms with E-state index in [0.29, 0.717) is 18.4 Å². The van der Waals surface area contributed by atoms with Gasteiger partial charge in [-0.3, -0.25) is 0 Å². The van der Waals surface area contributed by atoms with Crippen molar-refractivity contribution in [1.82, 2.24) is 4.98 Å². The Morgan fingerprint density at radius 1 is 1.67 bits per heavy atom. The molecule has 0 radical (unpaired) electrons. The maximum atomic E-state index is 9.08. The summed E-state index contributed by atoms with van der Waals surface area (Å²) in [6.45, 7) is 6.63. The van der Waals surface area contributed by atoms with Gasteiger partial charge in [0.2, 0.25) is 0 Å². The van der Waals surface area contributed by atoms with E-state index in [-0.39, 0.29) is 0 Å². The highest BCUT2D eigenvalue weighted by molar-refractivity contribution is 7.13. The number of hydrogen-bond donors (Lipinski definition) is 1. The summed E-state index contributed by atoms with van der Waals surface area (Å²) in [5.41, 5.74) is 1.18. The zero-order valence-electron chi connectivity index (χ0n) is 9.31. The van der Waals surface area contributed by atoms with Crippen molar-refractivity contribution in [3.63, 3.8) is 0 Å². The van der Waals surface area contributed by atoms with Crippen LogP contribution in [0.1, 0.15) is 31.9 Å². The molecule has 15 heavy (non-hydrogen) atoms. The summed E-state index contributed by atoms with van der Waals surface area (Å²) in [6.07, 6.45) is 1.09. The van der Waals surface area contributed by atoms with Crippen LogP contribution >= 0.6 is 11.3 Å². The first-order chi connectivity index (χ1) is 7.20. The van der Waals surface area contributed by atoms with Gasteiger partial charge >= 0.3 is 0 Å². The lowest BCUT2D eigenvalue weighted by Crippen LogP contribution is -2.20. The third-order valence-electron chi connectivity index (χ3n) is 2.92. The molecule has 1 fully saturated rings. The second-order valence-electron chi connectivity index (χ2n) is 4.49. The highest BCUT2D eigenvalue weighted by Crippen LogP contribution is 2.28. The van der Waals surface area contributed by atoms with Crippen molar-refractivity contribution in [3.05, 3.63) is 11.1 Å². The van der Waals surface area contributed by atoms with E-state index in [9.17, 15) is 0 Å². The highest BCUT2D eigenvalue weighted by atomic mass is 32.1. The number of thiazole rings is 1. The summed E-state index contributed by atoms with van der Waals surface area (Å²) in [4.78, 5) is 6.91. The maximum absolute atomic E-state index is 9.08. The minimum atomic E-state index is 0.304. The topological polar surface area (TPSA) is 36.4 Å². The molecular formula is C11H18N2OS. The van der Waals surface area contributed by atoms with E-state index in [2.05, 4.69) is 29.1 Å². The minimum absolute atomic E-state index is 0.304. The van der Waals surface area contributed by atoms with Gasteiger partial charge in [-0.15, -0.1) is 11.3 Å². The molecule has 0 spiro atoms. The molecule has 0 aliphatic carbocycles. The monoisotopic (exact) mass is 226 g/mol. The summed E-state index contributed by atoms with van der Waals surface area (Å²) in [5.74, 6) is 0.947. The van der Waals surface area contributed by atoms with Crippen molar-refractivity contribution in [2.45, 2.75) is 26.2 Å². The lowest BCUT2D eigenvalue weighted by Gasteiger charge is -2.14. The van der Waals surface area contributed by atoms with Crippen LogP contribution in [-0.4, -0.2) is 29.8 Å². The Hall–Kier alpha value is -0.610. The molecule has 1 unspecified atom stereocenters. The van der Waals surface area contributed by atoms with E-state index in [1.807, 2.05) is 0 Å². The van der Waals surface area contributed by atoms with Gasteiger partial charge < -0.3 is 10.0 Å². The number of anilines is 1. The third-order valence-corrected chi connectivity index (χ3v) is 3.84. The van der Waals surface area contributed by atoms with Gasteiger partial charge in [-0.1, -0.05) is 13.8 Å². The molecule has 2 heterocycles. The Bertz CT molecular complexity index is 324. The lowest BCUT2D eigenvalue weighted by molar-refractivity contribution is 0.238. The SMILES string of the molecule is CC(C)c1csc(N2CCC(CO)C2)n1. The molecule has 1 aliphatic rings. The van der Waals surface area contributed by atoms with E-state index < -0.39 is 0 Å². The summed E-state index contributed by atoms with van der Waals surface area (Å²) in [5, 5.41) is 12.3. The maximum Gasteiger partial charge on any atom is 0.185 e. The summed E-state index contributed by atoms with van der Waals surface area (Å²) < 4.78 is 0. The average molecular weight is 226 g/mol. The van der Waals surface area contributed by atoms with Gasteiger partial charge in [-0.25, -0.2) is 4.98 Å². The predicted octanol–water partition coefficient (Wildman–Crippen LogP) is 2.09. The van der Waals surface area contributed by atoms with Crippen LogP contribution in [0.15, 0.2) is 5.38 Å². The van der Waals surface area contributed by atoms with Gasteiger partial charge in [0.05, 0.1) is 5.69 Å². The number of rotatable bonds is 3. The Morgan fingerprint density at radius 2 is 2.47 bits per heavy atom. The normalized spacial score (nSPS) is 21.6. The molecule has 0 aromatic carbocycles. The first-order valence-electron chi connectivity index (χ1n) is 5.52. The molecule has 3 nitrogen and oxygen atoms in total. The van der Waals surface area contributed by atoms with Crippen molar-refractivity contribution in [2.24, 2.45) is 5.92 Å². The zero-order valence-corrected chi connectivity index (χ0v) is 10.1. The van der Waals surface area contributed by atoms with Gasteiger partial charge in [0.25, 0.3) is 0 Å². The molecule has 1 N–H and O–H groups in total. The van der Waals surface area contributed by atoms with Crippen LogP contribution in [0.2, 0.25) is 0 Å². The number of aliphatic hydroxyl groups is 1. The quantitative estimate of drug-likeness (QED) is 0.857. The Kier molecular flexibility index (Phi) is 3.26. The average Bonchev–Trinajstić information content (AvgIpc) is 2.86. The zero-order chi connectivity index (χ0) is 10.8. The molecular weight excluding hydrogens is 208 g/mol. The molecule has 1 aromatic heterocycles. The molecule has 0 amide bonds. The minimum Gasteiger partial charge on any atom is -0.396 e. The number of aliphatic hydroxyl groups excluding tert-OH is 1. The fourth-order valence-corrected chi connectivity index (χ4v) is 2.87. The summed E-state index contributed by atoms with van der Waals surface area (Å²) >= 11 is 1.72. The van der Waals surface area contributed by atoms with Crippen molar-refractivity contribution in [1.29, 1.82) is 0 Å². The van der Waals surface area contributed by atoms with Crippen LogP contribution in [0.3, 0.4) is 0 Å².